The molecule has 1 aromatic heterocycles. The minimum atomic E-state index is 0.602. The molecule has 0 amide bonds. The van der Waals surface area contributed by atoms with Crippen molar-refractivity contribution in [2.75, 3.05) is 21.3 Å². The molecule has 0 spiro atoms. The van der Waals surface area contributed by atoms with E-state index in [4.69, 9.17) is 14.2 Å². The third kappa shape index (κ3) is 3.08. The summed E-state index contributed by atoms with van der Waals surface area (Å²) in [5.41, 5.74) is 3.37. The molecule has 4 heteroatoms. The van der Waals surface area contributed by atoms with Gasteiger partial charge in [-0.2, -0.15) is 0 Å². The highest BCUT2D eigenvalue weighted by Gasteiger charge is 2.15. The lowest BCUT2D eigenvalue weighted by Gasteiger charge is -2.15. The first-order valence-electron chi connectivity index (χ1n) is 7.76. The molecule has 0 aliphatic carbocycles. The van der Waals surface area contributed by atoms with E-state index in [-0.39, 0.29) is 0 Å². The SMILES string of the molecule is COc1cc(-c2cccn2Cc2ccccc2)cc(OC)c1OC. The Balaban J connectivity index is 2.02. The lowest BCUT2D eigenvalue weighted by molar-refractivity contribution is 0.324. The van der Waals surface area contributed by atoms with Gasteiger partial charge in [0, 0.05) is 24.0 Å². The number of ether oxygens (including phenoxy) is 3. The van der Waals surface area contributed by atoms with Crippen LogP contribution in [0, 0.1) is 0 Å². The second-order valence-corrected chi connectivity index (χ2v) is 5.42. The topological polar surface area (TPSA) is 32.6 Å². The molecule has 3 rings (SSSR count). The fourth-order valence-electron chi connectivity index (χ4n) is 2.82. The molecule has 0 saturated heterocycles. The van der Waals surface area contributed by atoms with Crippen LogP contribution < -0.4 is 14.2 Å². The van der Waals surface area contributed by atoms with Crippen molar-refractivity contribution in [2.24, 2.45) is 0 Å². The maximum Gasteiger partial charge on any atom is 0.203 e. The molecule has 0 saturated carbocycles. The summed E-state index contributed by atoms with van der Waals surface area (Å²) >= 11 is 0. The van der Waals surface area contributed by atoms with E-state index in [1.807, 2.05) is 24.3 Å². The van der Waals surface area contributed by atoms with Crippen molar-refractivity contribution in [1.82, 2.24) is 4.57 Å². The van der Waals surface area contributed by atoms with Crippen LogP contribution in [0.25, 0.3) is 11.3 Å². The zero-order valence-electron chi connectivity index (χ0n) is 14.2. The van der Waals surface area contributed by atoms with Crippen LogP contribution in [0.2, 0.25) is 0 Å². The summed E-state index contributed by atoms with van der Waals surface area (Å²) in [6.45, 7) is 0.805. The Morgan fingerprint density at radius 3 is 2.04 bits per heavy atom. The van der Waals surface area contributed by atoms with Gasteiger partial charge in [-0.05, 0) is 29.8 Å². The number of methoxy groups -OCH3 is 3. The Kier molecular flexibility index (Phi) is 4.75. The highest BCUT2D eigenvalue weighted by molar-refractivity contribution is 5.69. The van der Waals surface area contributed by atoms with Gasteiger partial charge >= 0.3 is 0 Å². The van der Waals surface area contributed by atoms with Crippen LogP contribution in [-0.4, -0.2) is 25.9 Å². The largest absolute Gasteiger partial charge is 0.493 e. The number of nitrogens with zero attached hydrogens (tertiary/aromatic N) is 1. The summed E-state index contributed by atoms with van der Waals surface area (Å²) in [6.07, 6.45) is 2.07. The van der Waals surface area contributed by atoms with Gasteiger partial charge in [0.05, 0.1) is 21.3 Å². The summed E-state index contributed by atoms with van der Waals surface area (Å²) in [6, 6.07) is 18.5. The molecule has 0 unspecified atom stereocenters. The Labute approximate surface area is 142 Å². The molecule has 4 nitrogen and oxygen atoms in total. The predicted molar refractivity (Wildman–Crippen MR) is 95.1 cm³/mol. The molecule has 2 aromatic carbocycles. The van der Waals surface area contributed by atoms with E-state index < -0.39 is 0 Å². The fraction of sp³-hybridized carbons (Fsp3) is 0.200. The fourth-order valence-corrected chi connectivity index (χ4v) is 2.82. The van der Waals surface area contributed by atoms with Crippen LogP contribution in [0.3, 0.4) is 0 Å². The summed E-state index contributed by atoms with van der Waals surface area (Å²) in [4.78, 5) is 0. The molecular weight excluding hydrogens is 302 g/mol. The van der Waals surface area contributed by atoms with E-state index in [2.05, 4.69) is 41.1 Å². The molecule has 0 atom stereocenters. The van der Waals surface area contributed by atoms with E-state index in [1.165, 1.54) is 5.56 Å². The maximum absolute atomic E-state index is 5.46. The molecule has 0 aliphatic heterocycles. The van der Waals surface area contributed by atoms with Gasteiger partial charge in [0.2, 0.25) is 5.75 Å². The third-order valence-electron chi connectivity index (χ3n) is 3.99. The Morgan fingerprint density at radius 2 is 1.46 bits per heavy atom. The number of hydrogen-bond donors (Lipinski definition) is 0. The molecule has 24 heavy (non-hydrogen) atoms. The minimum absolute atomic E-state index is 0.602. The molecule has 1 heterocycles. The van der Waals surface area contributed by atoms with Crippen LogP contribution in [0.4, 0.5) is 0 Å². The third-order valence-corrected chi connectivity index (χ3v) is 3.99. The van der Waals surface area contributed by atoms with Gasteiger partial charge in [0.15, 0.2) is 11.5 Å². The van der Waals surface area contributed by atoms with Crippen molar-refractivity contribution < 1.29 is 14.2 Å². The number of hydrogen-bond acceptors (Lipinski definition) is 3. The molecule has 0 radical (unpaired) electrons. The van der Waals surface area contributed by atoms with E-state index in [1.54, 1.807) is 21.3 Å². The van der Waals surface area contributed by atoms with Crippen molar-refractivity contribution >= 4 is 0 Å². The van der Waals surface area contributed by atoms with Crippen LogP contribution in [0.5, 0.6) is 17.2 Å². The molecule has 0 aliphatic rings. The van der Waals surface area contributed by atoms with Gasteiger partial charge in [-0.1, -0.05) is 30.3 Å². The first kappa shape index (κ1) is 16.0. The number of benzene rings is 2. The maximum atomic E-state index is 5.46. The average molecular weight is 323 g/mol. The number of rotatable bonds is 6. The van der Waals surface area contributed by atoms with Crippen LogP contribution in [0.1, 0.15) is 5.56 Å². The summed E-state index contributed by atoms with van der Waals surface area (Å²) in [5.74, 6) is 1.91. The predicted octanol–water partition coefficient (Wildman–Crippen LogP) is 4.23. The minimum Gasteiger partial charge on any atom is -0.493 e. The zero-order valence-corrected chi connectivity index (χ0v) is 14.2. The van der Waals surface area contributed by atoms with Crippen LogP contribution >= 0.6 is 0 Å². The lowest BCUT2D eigenvalue weighted by Crippen LogP contribution is -2.01. The van der Waals surface area contributed by atoms with Crippen LogP contribution in [0.15, 0.2) is 60.8 Å². The van der Waals surface area contributed by atoms with Crippen molar-refractivity contribution in [1.29, 1.82) is 0 Å². The molecule has 3 aromatic rings. The van der Waals surface area contributed by atoms with E-state index >= 15 is 0 Å². The highest BCUT2D eigenvalue weighted by atomic mass is 16.5. The monoisotopic (exact) mass is 323 g/mol. The van der Waals surface area contributed by atoms with Gasteiger partial charge in [-0.25, -0.2) is 0 Å². The van der Waals surface area contributed by atoms with Crippen molar-refractivity contribution in [2.45, 2.75) is 6.54 Å². The molecular formula is C20H21NO3. The van der Waals surface area contributed by atoms with Crippen molar-refractivity contribution in [3.05, 3.63) is 66.4 Å². The van der Waals surface area contributed by atoms with Crippen molar-refractivity contribution in [3.63, 3.8) is 0 Å². The first-order chi connectivity index (χ1) is 11.8. The normalized spacial score (nSPS) is 10.5. The van der Waals surface area contributed by atoms with E-state index in [9.17, 15) is 0 Å². The first-order valence-corrected chi connectivity index (χ1v) is 7.76. The van der Waals surface area contributed by atoms with Gasteiger partial charge in [-0.3, -0.25) is 0 Å². The second kappa shape index (κ2) is 7.13. The zero-order chi connectivity index (χ0) is 16.9. The molecule has 0 N–H and O–H groups in total. The molecule has 0 bridgehead atoms. The molecule has 0 fully saturated rings. The van der Waals surface area contributed by atoms with Gasteiger partial charge in [-0.15, -0.1) is 0 Å². The van der Waals surface area contributed by atoms with E-state index in [0.29, 0.717) is 17.2 Å². The highest BCUT2D eigenvalue weighted by Crippen LogP contribution is 2.41. The van der Waals surface area contributed by atoms with Gasteiger partial charge in [0.25, 0.3) is 0 Å². The van der Waals surface area contributed by atoms with Crippen LogP contribution in [-0.2, 0) is 6.54 Å². The lowest BCUT2D eigenvalue weighted by atomic mass is 10.1. The second-order valence-electron chi connectivity index (χ2n) is 5.42. The summed E-state index contributed by atoms with van der Waals surface area (Å²) < 4.78 is 18.5. The molecule has 124 valence electrons. The standard InChI is InChI=1S/C20H21NO3/c1-22-18-12-16(13-19(23-2)20(18)24-3)17-10-7-11-21(17)14-15-8-5-4-6-9-15/h4-13H,14H2,1-3H3. The van der Waals surface area contributed by atoms with E-state index in [0.717, 1.165) is 17.8 Å². The Morgan fingerprint density at radius 1 is 0.792 bits per heavy atom. The Hall–Kier alpha value is -2.88. The van der Waals surface area contributed by atoms with Gasteiger partial charge in [0.1, 0.15) is 0 Å². The average Bonchev–Trinajstić information content (AvgIpc) is 3.09. The van der Waals surface area contributed by atoms with Crippen molar-refractivity contribution in [3.8, 4) is 28.5 Å². The summed E-state index contributed by atoms with van der Waals surface area (Å²) in [5, 5.41) is 0. The Bertz CT molecular complexity index is 784. The quantitative estimate of drug-likeness (QED) is 0.680. The number of aromatic nitrogens is 1. The summed E-state index contributed by atoms with van der Waals surface area (Å²) in [7, 11) is 4.87. The smallest absolute Gasteiger partial charge is 0.203 e. The van der Waals surface area contributed by atoms with Gasteiger partial charge < -0.3 is 18.8 Å².